The number of allylic oxidation sites excluding steroid dienone is 15. The van der Waals surface area contributed by atoms with Crippen molar-refractivity contribution >= 4 is 17.9 Å². The Morgan fingerprint density at radius 2 is 0.690 bits per heavy atom. The summed E-state index contributed by atoms with van der Waals surface area (Å²) in [5.74, 6) is -1.07. The number of ether oxygens (including phenoxy) is 3. The fourth-order valence-corrected chi connectivity index (χ4v) is 5.97. The maximum Gasteiger partial charge on any atom is 0.309 e. The molecule has 58 heavy (non-hydrogen) atoms. The van der Waals surface area contributed by atoms with E-state index in [4.69, 9.17) is 14.2 Å². The molecule has 0 radical (unpaired) electrons. The van der Waals surface area contributed by atoms with Crippen LogP contribution in [0.3, 0.4) is 0 Å². The Morgan fingerprint density at radius 1 is 0.362 bits per heavy atom. The summed E-state index contributed by atoms with van der Waals surface area (Å²) < 4.78 is 16.6. The minimum atomic E-state index is -0.821. The zero-order chi connectivity index (χ0) is 42.3. The normalized spacial score (nSPS) is 12.9. The Balaban J connectivity index is 4.38. The van der Waals surface area contributed by atoms with E-state index >= 15 is 0 Å². The lowest BCUT2D eigenvalue weighted by Gasteiger charge is -2.18. The van der Waals surface area contributed by atoms with Crippen molar-refractivity contribution in [3.05, 3.63) is 97.2 Å². The second kappa shape index (κ2) is 46.0. The van der Waals surface area contributed by atoms with Crippen LogP contribution in [0.5, 0.6) is 0 Å². The lowest BCUT2D eigenvalue weighted by Crippen LogP contribution is -2.30. The first kappa shape index (κ1) is 54.3. The van der Waals surface area contributed by atoms with Crippen molar-refractivity contribution in [2.45, 2.75) is 200 Å². The summed E-state index contributed by atoms with van der Waals surface area (Å²) in [4.78, 5) is 37.7. The molecule has 0 aliphatic heterocycles. The highest BCUT2D eigenvalue weighted by atomic mass is 16.6. The first-order chi connectivity index (χ1) is 28.5. The van der Waals surface area contributed by atoms with Crippen LogP contribution in [-0.4, -0.2) is 37.2 Å². The van der Waals surface area contributed by atoms with Gasteiger partial charge >= 0.3 is 17.9 Å². The van der Waals surface area contributed by atoms with Crippen molar-refractivity contribution in [2.75, 3.05) is 13.2 Å². The number of hydrogen-bond acceptors (Lipinski definition) is 6. The quantitative estimate of drug-likeness (QED) is 0.0266. The van der Waals surface area contributed by atoms with E-state index in [2.05, 4.69) is 106 Å². The standard InChI is InChI=1S/C52H84O6/c1-4-7-10-13-16-19-21-23-24-25-26-27-28-29-31-33-36-39-42-45-51(54)57-48-49(47-56-50(53)44-41-38-35-32-18-15-12-9-6-3)58-52(55)46-43-40-37-34-30-22-20-17-14-11-8-5-2/h7-12,16-20,23-24,32,38,41,49H,4-6,13-15,21-22,25-31,33-37,39-40,42-48H2,1-3H3/b10-7-,11-8-,12-9-,19-16-,20-17-,24-23-,32-18-,41-38-. The minimum absolute atomic E-state index is 0.115. The molecule has 0 aliphatic rings. The Kier molecular flexibility index (Phi) is 43.1. The van der Waals surface area contributed by atoms with Crippen LogP contribution < -0.4 is 0 Å². The monoisotopic (exact) mass is 805 g/mol. The molecule has 6 heteroatoms. The van der Waals surface area contributed by atoms with Gasteiger partial charge in [0.1, 0.15) is 13.2 Å². The predicted octanol–water partition coefficient (Wildman–Crippen LogP) is 15.0. The topological polar surface area (TPSA) is 78.9 Å². The summed E-state index contributed by atoms with van der Waals surface area (Å²) in [5.41, 5.74) is 0. The van der Waals surface area contributed by atoms with E-state index in [0.717, 1.165) is 109 Å². The molecule has 0 amide bonds. The fraction of sp³-hybridized carbons (Fsp3) is 0.635. The van der Waals surface area contributed by atoms with Gasteiger partial charge in [0.05, 0.1) is 6.42 Å². The summed E-state index contributed by atoms with van der Waals surface area (Å²) in [5, 5.41) is 0. The first-order valence-corrected chi connectivity index (χ1v) is 23.2. The lowest BCUT2D eigenvalue weighted by atomic mass is 10.1. The van der Waals surface area contributed by atoms with Gasteiger partial charge in [0.15, 0.2) is 6.10 Å². The van der Waals surface area contributed by atoms with E-state index in [1.807, 2.05) is 6.08 Å². The average Bonchev–Trinajstić information content (AvgIpc) is 3.22. The maximum atomic E-state index is 12.7. The molecule has 0 saturated carbocycles. The fourth-order valence-electron chi connectivity index (χ4n) is 5.97. The molecule has 0 N–H and O–H groups in total. The number of carbonyl (C=O) groups is 3. The van der Waals surface area contributed by atoms with E-state index in [-0.39, 0.29) is 31.6 Å². The molecule has 0 aliphatic carbocycles. The van der Waals surface area contributed by atoms with Gasteiger partial charge in [-0.2, -0.15) is 0 Å². The van der Waals surface area contributed by atoms with Crippen LogP contribution in [0, 0.1) is 0 Å². The van der Waals surface area contributed by atoms with E-state index in [9.17, 15) is 14.4 Å². The highest BCUT2D eigenvalue weighted by Gasteiger charge is 2.19. The molecule has 0 rings (SSSR count). The van der Waals surface area contributed by atoms with Crippen LogP contribution in [0.15, 0.2) is 97.2 Å². The van der Waals surface area contributed by atoms with Crippen LogP contribution in [-0.2, 0) is 28.6 Å². The van der Waals surface area contributed by atoms with E-state index in [1.165, 1.54) is 44.9 Å². The molecule has 1 atom stereocenters. The highest BCUT2D eigenvalue weighted by molar-refractivity contribution is 5.72. The number of rotatable bonds is 40. The van der Waals surface area contributed by atoms with Crippen LogP contribution >= 0.6 is 0 Å². The largest absolute Gasteiger partial charge is 0.462 e. The Hall–Kier alpha value is -3.67. The van der Waals surface area contributed by atoms with Crippen LogP contribution in [0.1, 0.15) is 194 Å². The Bertz CT molecular complexity index is 1200. The van der Waals surface area contributed by atoms with Gasteiger partial charge in [0, 0.05) is 12.8 Å². The summed E-state index contributed by atoms with van der Waals surface area (Å²) in [7, 11) is 0. The van der Waals surface area contributed by atoms with E-state index < -0.39 is 12.1 Å². The van der Waals surface area contributed by atoms with Gasteiger partial charge in [-0.25, -0.2) is 0 Å². The molecule has 328 valence electrons. The molecular weight excluding hydrogens is 721 g/mol. The van der Waals surface area contributed by atoms with Crippen molar-refractivity contribution in [2.24, 2.45) is 0 Å². The molecule has 0 fully saturated rings. The smallest absolute Gasteiger partial charge is 0.309 e. The van der Waals surface area contributed by atoms with Crippen molar-refractivity contribution in [1.29, 1.82) is 0 Å². The molecule has 0 aromatic carbocycles. The number of esters is 3. The van der Waals surface area contributed by atoms with Crippen molar-refractivity contribution < 1.29 is 28.6 Å². The summed E-state index contributed by atoms with van der Waals surface area (Å²) in [6.07, 6.45) is 60.0. The Labute approximate surface area is 356 Å². The van der Waals surface area contributed by atoms with E-state index in [1.54, 1.807) is 6.08 Å². The maximum absolute atomic E-state index is 12.7. The molecular formula is C52H84O6. The van der Waals surface area contributed by atoms with E-state index in [0.29, 0.717) is 12.8 Å². The summed E-state index contributed by atoms with van der Waals surface area (Å²) in [6, 6.07) is 0. The van der Waals surface area contributed by atoms with Gasteiger partial charge < -0.3 is 14.2 Å². The molecule has 0 heterocycles. The second-order valence-corrected chi connectivity index (χ2v) is 14.9. The molecule has 0 saturated heterocycles. The average molecular weight is 805 g/mol. The molecule has 6 nitrogen and oxygen atoms in total. The second-order valence-electron chi connectivity index (χ2n) is 14.9. The van der Waals surface area contributed by atoms with Crippen LogP contribution in [0.25, 0.3) is 0 Å². The zero-order valence-corrected chi connectivity index (χ0v) is 37.3. The van der Waals surface area contributed by atoms with Gasteiger partial charge in [-0.3, -0.25) is 14.4 Å². The van der Waals surface area contributed by atoms with Gasteiger partial charge in [-0.1, -0.05) is 182 Å². The first-order valence-electron chi connectivity index (χ1n) is 23.2. The lowest BCUT2D eigenvalue weighted by molar-refractivity contribution is -0.166. The van der Waals surface area contributed by atoms with Crippen molar-refractivity contribution in [3.8, 4) is 0 Å². The minimum Gasteiger partial charge on any atom is -0.462 e. The number of carbonyl (C=O) groups excluding carboxylic acids is 3. The third-order valence-electron chi connectivity index (χ3n) is 9.35. The molecule has 0 aromatic rings. The predicted molar refractivity (Wildman–Crippen MR) is 247 cm³/mol. The third kappa shape index (κ3) is 43.5. The van der Waals surface area contributed by atoms with Crippen LogP contribution in [0.4, 0.5) is 0 Å². The summed E-state index contributed by atoms with van der Waals surface area (Å²) >= 11 is 0. The van der Waals surface area contributed by atoms with Crippen molar-refractivity contribution in [3.63, 3.8) is 0 Å². The van der Waals surface area contributed by atoms with Gasteiger partial charge in [-0.15, -0.1) is 0 Å². The SMILES string of the molecule is CC/C=C\C/C=C\C/C=C\CCCCCCCCCCCC(=O)OCC(COC(=O)C/C=C\C/C=C\C/C=C\CC)OC(=O)CCCCCCC/C=C\C/C=C\CC. The third-order valence-corrected chi connectivity index (χ3v) is 9.35. The number of unbranched alkanes of at least 4 members (excludes halogenated alkanes) is 14. The van der Waals surface area contributed by atoms with Crippen LogP contribution in [0.2, 0.25) is 0 Å². The Morgan fingerprint density at radius 3 is 1.12 bits per heavy atom. The summed E-state index contributed by atoms with van der Waals surface area (Å²) in [6.45, 7) is 6.16. The molecule has 0 bridgehead atoms. The molecule has 0 aromatic heterocycles. The van der Waals surface area contributed by atoms with Gasteiger partial charge in [-0.05, 0) is 89.9 Å². The zero-order valence-electron chi connectivity index (χ0n) is 37.3. The van der Waals surface area contributed by atoms with Gasteiger partial charge in [0.25, 0.3) is 0 Å². The molecule has 1 unspecified atom stereocenters. The molecule has 0 spiro atoms. The number of hydrogen-bond donors (Lipinski definition) is 0. The highest BCUT2D eigenvalue weighted by Crippen LogP contribution is 2.13. The van der Waals surface area contributed by atoms with Crippen molar-refractivity contribution in [1.82, 2.24) is 0 Å². The van der Waals surface area contributed by atoms with Gasteiger partial charge in [0.2, 0.25) is 0 Å².